The number of unbranched alkanes of at least 4 members (excludes halogenated alkanes) is 1. The van der Waals surface area contributed by atoms with Crippen molar-refractivity contribution >= 4 is 0 Å². The third kappa shape index (κ3) is 5.09. The van der Waals surface area contributed by atoms with E-state index in [4.69, 9.17) is 0 Å². The summed E-state index contributed by atoms with van der Waals surface area (Å²) >= 11 is 0. The molecule has 0 spiro atoms. The molecule has 0 fully saturated rings. The molecule has 0 saturated carbocycles. The molecule has 0 aliphatic rings. The molecular weight excluding hydrogens is 369 g/mol. The Kier molecular flexibility index (Phi) is 6.77. The highest BCUT2D eigenvalue weighted by atomic mass is 19.2. The van der Waals surface area contributed by atoms with Crippen molar-refractivity contribution in [3.8, 4) is 23.0 Å². The van der Waals surface area contributed by atoms with Gasteiger partial charge in [-0.3, -0.25) is 0 Å². The van der Waals surface area contributed by atoms with Gasteiger partial charge in [0.25, 0.3) is 0 Å². The molecule has 0 nitrogen and oxygen atoms in total. The van der Waals surface area contributed by atoms with Gasteiger partial charge in [0, 0.05) is 11.1 Å². The summed E-state index contributed by atoms with van der Waals surface area (Å²) in [6.07, 6.45) is 4.16. The van der Waals surface area contributed by atoms with Crippen molar-refractivity contribution < 1.29 is 13.2 Å². The molecule has 0 aliphatic carbocycles. The molecule has 0 heterocycles. The lowest BCUT2D eigenvalue weighted by molar-refractivity contribution is 0.447. The van der Waals surface area contributed by atoms with Gasteiger partial charge in [0.05, 0.1) is 0 Å². The molecule has 0 radical (unpaired) electrons. The second-order valence-corrected chi connectivity index (χ2v) is 7.03. The summed E-state index contributed by atoms with van der Waals surface area (Å²) in [6, 6.07) is 15.8. The van der Waals surface area contributed by atoms with Crippen molar-refractivity contribution in [3.63, 3.8) is 0 Å². The van der Waals surface area contributed by atoms with E-state index in [1.54, 1.807) is 6.07 Å². The van der Waals surface area contributed by atoms with Crippen LogP contribution < -0.4 is 0 Å². The fourth-order valence-electron chi connectivity index (χ4n) is 3.19. The SMILES string of the molecule is CCCCc1ccc(C#Cc2ccc(-c3cc(F)c(F)c(F)c3)cc2CC)cc1. The Balaban J connectivity index is 1.86. The second kappa shape index (κ2) is 9.47. The largest absolute Gasteiger partial charge is 0.204 e. The fourth-order valence-corrected chi connectivity index (χ4v) is 3.19. The summed E-state index contributed by atoms with van der Waals surface area (Å²) in [7, 11) is 0. The molecule has 148 valence electrons. The lowest BCUT2D eigenvalue weighted by atomic mass is 9.97. The van der Waals surface area contributed by atoms with E-state index in [9.17, 15) is 13.2 Å². The van der Waals surface area contributed by atoms with Gasteiger partial charge in [-0.1, -0.05) is 50.3 Å². The van der Waals surface area contributed by atoms with Crippen molar-refractivity contribution in [3.05, 3.63) is 94.3 Å². The lowest BCUT2D eigenvalue weighted by Gasteiger charge is -2.08. The highest BCUT2D eigenvalue weighted by molar-refractivity contribution is 5.66. The highest BCUT2D eigenvalue weighted by Crippen LogP contribution is 2.26. The maximum atomic E-state index is 13.6. The van der Waals surface area contributed by atoms with Crippen LogP contribution in [0.5, 0.6) is 0 Å². The second-order valence-electron chi connectivity index (χ2n) is 7.03. The van der Waals surface area contributed by atoms with Crippen molar-refractivity contribution in [2.24, 2.45) is 0 Å². The average molecular weight is 392 g/mol. The monoisotopic (exact) mass is 392 g/mol. The van der Waals surface area contributed by atoms with Gasteiger partial charge >= 0.3 is 0 Å². The molecule has 3 aromatic carbocycles. The molecule has 0 unspecified atom stereocenters. The van der Waals surface area contributed by atoms with Crippen LogP contribution in [0.4, 0.5) is 13.2 Å². The number of benzene rings is 3. The Morgan fingerprint density at radius 2 is 1.45 bits per heavy atom. The quantitative estimate of drug-likeness (QED) is 0.322. The number of halogens is 3. The van der Waals surface area contributed by atoms with Gasteiger partial charge in [0.15, 0.2) is 17.5 Å². The van der Waals surface area contributed by atoms with Gasteiger partial charge < -0.3 is 0 Å². The van der Waals surface area contributed by atoms with Crippen LogP contribution in [-0.2, 0) is 12.8 Å². The van der Waals surface area contributed by atoms with Gasteiger partial charge in [-0.15, -0.1) is 0 Å². The van der Waals surface area contributed by atoms with Crippen molar-refractivity contribution in [2.45, 2.75) is 39.5 Å². The van der Waals surface area contributed by atoms with Crippen LogP contribution in [0.25, 0.3) is 11.1 Å². The van der Waals surface area contributed by atoms with E-state index in [0.717, 1.165) is 41.7 Å². The first-order valence-electron chi connectivity index (χ1n) is 9.90. The maximum absolute atomic E-state index is 13.6. The van der Waals surface area contributed by atoms with E-state index in [0.29, 0.717) is 11.1 Å². The molecular formula is C26H23F3. The van der Waals surface area contributed by atoms with E-state index in [1.165, 1.54) is 18.4 Å². The van der Waals surface area contributed by atoms with Crippen molar-refractivity contribution in [1.82, 2.24) is 0 Å². The third-order valence-corrected chi connectivity index (χ3v) is 4.92. The summed E-state index contributed by atoms with van der Waals surface area (Å²) in [5, 5.41) is 0. The van der Waals surface area contributed by atoms with Crippen LogP contribution in [0.2, 0.25) is 0 Å². The van der Waals surface area contributed by atoms with Crippen LogP contribution in [0.3, 0.4) is 0 Å². The predicted octanol–water partition coefficient (Wildman–Crippen LogP) is 7.08. The minimum absolute atomic E-state index is 0.304. The molecule has 3 aromatic rings. The molecule has 0 bridgehead atoms. The van der Waals surface area contributed by atoms with Crippen LogP contribution in [0.15, 0.2) is 54.6 Å². The van der Waals surface area contributed by atoms with E-state index in [-0.39, 0.29) is 0 Å². The number of hydrogen-bond acceptors (Lipinski definition) is 0. The Morgan fingerprint density at radius 1 is 0.759 bits per heavy atom. The van der Waals surface area contributed by atoms with Crippen molar-refractivity contribution in [2.75, 3.05) is 0 Å². The molecule has 0 aliphatic heterocycles. The van der Waals surface area contributed by atoms with E-state index in [2.05, 4.69) is 30.9 Å². The molecule has 0 aromatic heterocycles. The zero-order valence-electron chi connectivity index (χ0n) is 16.7. The summed E-state index contributed by atoms with van der Waals surface area (Å²) in [6.45, 7) is 4.18. The summed E-state index contributed by atoms with van der Waals surface area (Å²) in [4.78, 5) is 0. The lowest BCUT2D eigenvalue weighted by Crippen LogP contribution is -1.94. The number of hydrogen-bond donors (Lipinski definition) is 0. The molecule has 0 N–H and O–H groups in total. The third-order valence-electron chi connectivity index (χ3n) is 4.92. The van der Waals surface area contributed by atoms with Gasteiger partial charge in [-0.2, -0.15) is 0 Å². The molecule has 0 amide bonds. The Morgan fingerprint density at radius 3 is 2.07 bits per heavy atom. The Hall–Kier alpha value is -2.99. The predicted molar refractivity (Wildman–Crippen MR) is 112 cm³/mol. The van der Waals surface area contributed by atoms with Crippen LogP contribution >= 0.6 is 0 Å². The first kappa shape index (κ1) is 20.7. The van der Waals surface area contributed by atoms with Gasteiger partial charge in [-0.25, -0.2) is 13.2 Å². The standard InChI is InChI=1S/C26H23F3/c1-3-5-6-18-7-9-19(10-8-18)11-12-21-13-14-22(15-20(21)4-2)23-16-24(27)26(29)25(28)17-23/h7-10,13-17H,3-6H2,1-2H3. The zero-order chi connectivity index (χ0) is 20.8. The molecule has 0 atom stereocenters. The smallest absolute Gasteiger partial charge is 0.194 e. The molecule has 0 saturated heterocycles. The minimum atomic E-state index is -1.45. The van der Waals surface area contributed by atoms with E-state index < -0.39 is 17.5 Å². The average Bonchev–Trinajstić information content (AvgIpc) is 2.74. The minimum Gasteiger partial charge on any atom is -0.204 e. The Bertz CT molecular complexity index is 1030. The molecule has 3 rings (SSSR count). The first-order valence-corrected chi connectivity index (χ1v) is 9.90. The molecule has 3 heteroatoms. The van der Waals surface area contributed by atoms with Gasteiger partial charge in [0.2, 0.25) is 0 Å². The van der Waals surface area contributed by atoms with Crippen molar-refractivity contribution in [1.29, 1.82) is 0 Å². The molecule has 29 heavy (non-hydrogen) atoms. The number of aryl methyl sites for hydroxylation is 2. The van der Waals surface area contributed by atoms with Crippen LogP contribution in [-0.4, -0.2) is 0 Å². The normalized spacial score (nSPS) is 10.5. The number of rotatable bonds is 5. The maximum Gasteiger partial charge on any atom is 0.194 e. The van der Waals surface area contributed by atoms with Gasteiger partial charge in [-0.05, 0) is 77.9 Å². The summed E-state index contributed by atoms with van der Waals surface area (Å²) < 4.78 is 40.3. The fraction of sp³-hybridized carbons (Fsp3) is 0.231. The zero-order valence-corrected chi connectivity index (χ0v) is 16.7. The van der Waals surface area contributed by atoms with Crippen LogP contribution in [0, 0.1) is 29.3 Å². The summed E-state index contributed by atoms with van der Waals surface area (Å²) in [5.74, 6) is 2.55. The van der Waals surface area contributed by atoms with Crippen LogP contribution in [0.1, 0.15) is 48.9 Å². The highest BCUT2D eigenvalue weighted by Gasteiger charge is 2.12. The van der Waals surface area contributed by atoms with E-state index >= 15 is 0 Å². The Labute approximate surface area is 170 Å². The summed E-state index contributed by atoms with van der Waals surface area (Å²) in [5.41, 5.74) is 5.03. The van der Waals surface area contributed by atoms with Gasteiger partial charge in [0.1, 0.15) is 0 Å². The topological polar surface area (TPSA) is 0 Å². The van der Waals surface area contributed by atoms with E-state index in [1.807, 2.05) is 31.2 Å². The first-order chi connectivity index (χ1) is 14.0.